The van der Waals surface area contributed by atoms with Crippen LogP contribution in [0.3, 0.4) is 0 Å². The van der Waals surface area contributed by atoms with Gasteiger partial charge in [0.05, 0.1) is 0 Å². The van der Waals surface area contributed by atoms with Crippen LogP contribution in [0.15, 0.2) is 78.9 Å². The van der Waals surface area contributed by atoms with Gasteiger partial charge >= 0.3 is 0 Å². The fourth-order valence-electron chi connectivity index (χ4n) is 3.54. The van der Waals surface area contributed by atoms with Crippen molar-refractivity contribution in [2.45, 2.75) is 39.0 Å². The monoisotopic (exact) mass is 402 g/mol. The zero-order valence-electron chi connectivity index (χ0n) is 17.6. The average Bonchev–Trinajstić information content (AvgIpc) is 2.78. The highest BCUT2D eigenvalue weighted by atomic mass is 19.2. The van der Waals surface area contributed by atoms with Crippen molar-refractivity contribution in [3.8, 4) is 0 Å². The van der Waals surface area contributed by atoms with E-state index in [1.54, 1.807) is 18.2 Å². The van der Waals surface area contributed by atoms with Crippen molar-refractivity contribution in [1.82, 2.24) is 0 Å². The first-order valence-electron chi connectivity index (χ1n) is 10.5. The van der Waals surface area contributed by atoms with E-state index < -0.39 is 11.6 Å². The predicted octanol–water partition coefficient (Wildman–Crippen LogP) is 7.99. The minimum atomic E-state index is -0.780. The molecule has 0 aliphatic rings. The highest BCUT2D eigenvalue weighted by molar-refractivity contribution is 5.70. The summed E-state index contributed by atoms with van der Waals surface area (Å²) in [5.74, 6) is -1.08. The molecule has 154 valence electrons. The lowest BCUT2D eigenvalue weighted by Crippen LogP contribution is -1.98. The Morgan fingerprint density at radius 2 is 1.57 bits per heavy atom. The Balaban J connectivity index is 1.65. The maximum absolute atomic E-state index is 14.4. The lowest BCUT2D eigenvalue weighted by Gasteiger charge is -2.12. The van der Waals surface area contributed by atoms with Crippen LogP contribution >= 0.6 is 0 Å². The minimum Gasteiger partial charge on any atom is -0.203 e. The summed E-state index contributed by atoms with van der Waals surface area (Å²) in [6.07, 6.45) is 9.49. The van der Waals surface area contributed by atoms with E-state index in [-0.39, 0.29) is 5.56 Å². The third-order valence-electron chi connectivity index (χ3n) is 5.35. The Hall–Kier alpha value is -3.00. The molecule has 0 heterocycles. The zero-order valence-corrected chi connectivity index (χ0v) is 17.6. The molecular weight excluding hydrogens is 374 g/mol. The van der Waals surface area contributed by atoms with Gasteiger partial charge in [-0.05, 0) is 54.4 Å². The summed E-state index contributed by atoms with van der Waals surface area (Å²) in [4.78, 5) is 0. The summed E-state index contributed by atoms with van der Waals surface area (Å²) in [5, 5.41) is 0. The van der Waals surface area contributed by atoms with Gasteiger partial charge in [0.15, 0.2) is 11.6 Å². The largest absolute Gasteiger partial charge is 0.203 e. The van der Waals surface area contributed by atoms with Crippen LogP contribution in [0.25, 0.3) is 12.2 Å². The van der Waals surface area contributed by atoms with Crippen LogP contribution in [0, 0.1) is 11.6 Å². The van der Waals surface area contributed by atoms with Gasteiger partial charge in [-0.15, -0.1) is 0 Å². The molecule has 0 saturated carbocycles. The van der Waals surface area contributed by atoms with Crippen molar-refractivity contribution in [1.29, 1.82) is 0 Å². The molecule has 0 nitrogen and oxygen atoms in total. The van der Waals surface area contributed by atoms with Crippen molar-refractivity contribution >= 4 is 12.2 Å². The number of rotatable bonds is 8. The summed E-state index contributed by atoms with van der Waals surface area (Å²) in [6, 6.07) is 22.0. The standard InChI is InChI=1S/C28H28F2/c1-3-4-6-11-25-18-19-26(28(30)27(25)29)17-16-22-12-14-23(15-13-22)20-21(2)24-9-7-5-8-10-24/h3-5,7-10,12-19,21H,6,11,20H2,1-2H3/t21-/m0/s1. The molecule has 0 aliphatic heterocycles. The normalized spacial score (nSPS) is 12.7. The molecule has 3 aromatic rings. The van der Waals surface area contributed by atoms with Gasteiger partial charge in [-0.1, -0.05) is 98.0 Å². The molecule has 0 aromatic heterocycles. The van der Waals surface area contributed by atoms with Gasteiger partial charge in [0.25, 0.3) is 0 Å². The van der Waals surface area contributed by atoms with E-state index in [0.29, 0.717) is 24.3 Å². The number of benzene rings is 3. The lowest BCUT2D eigenvalue weighted by atomic mass is 9.93. The molecule has 0 aliphatic carbocycles. The SMILES string of the molecule is CC=CCCc1ccc(C=Cc2ccc(C[C@H](C)c3ccccc3)cc2)c(F)c1F. The second-order valence-corrected chi connectivity index (χ2v) is 7.64. The van der Waals surface area contributed by atoms with E-state index in [4.69, 9.17) is 0 Å². The summed E-state index contributed by atoms with van der Waals surface area (Å²) in [6.45, 7) is 4.14. The molecule has 0 saturated heterocycles. The number of halogens is 2. The number of allylic oxidation sites excluding steroid dienone is 2. The lowest BCUT2D eigenvalue weighted by molar-refractivity contribution is 0.497. The van der Waals surface area contributed by atoms with Gasteiger partial charge in [0.2, 0.25) is 0 Å². The van der Waals surface area contributed by atoms with Gasteiger partial charge in [-0.2, -0.15) is 0 Å². The molecular formula is C28H28F2. The van der Waals surface area contributed by atoms with E-state index in [2.05, 4.69) is 43.3 Å². The molecule has 0 unspecified atom stereocenters. The summed E-state index contributed by atoms with van der Waals surface area (Å²) in [7, 11) is 0. The first-order chi connectivity index (χ1) is 14.6. The molecule has 0 fully saturated rings. The number of hydrogen-bond donors (Lipinski definition) is 0. The maximum atomic E-state index is 14.4. The van der Waals surface area contributed by atoms with Gasteiger partial charge in [-0.3, -0.25) is 0 Å². The van der Waals surface area contributed by atoms with E-state index in [9.17, 15) is 8.78 Å². The van der Waals surface area contributed by atoms with Crippen molar-refractivity contribution in [2.75, 3.05) is 0 Å². The predicted molar refractivity (Wildman–Crippen MR) is 123 cm³/mol. The fourth-order valence-corrected chi connectivity index (χ4v) is 3.54. The second-order valence-electron chi connectivity index (χ2n) is 7.64. The summed E-state index contributed by atoms with van der Waals surface area (Å²) in [5.41, 5.74) is 4.23. The van der Waals surface area contributed by atoms with E-state index in [1.807, 2.05) is 43.4 Å². The Kier molecular flexibility index (Phi) is 7.73. The number of aryl methyl sites for hydroxylation is 1. The van der Waals surface area contributed by atoms with Crippen LogP contribution in [0.2, 0.25) is 0 Å². The highest BCUT2D eigenvalue weighted by Crippen LogP contribution is 2.22. The zero-order chi connectivity index (χ0) is 21.3. The molecule has 0 spiro atoms. The molecule has 1 atom stereocenters. The average molecular weight is 403 g/mol. The van der Waals surface area contributed by atoms with Gasteiger partial charge in [0.1, 0.15) is 0 Å². The Morgan fingerprint density at radius 3 is 2.27 bits per heavy atom. The fraction of sp³-hybridized carbons (Fsp3) is 0.214. The molecule has 0 bridgehead atoms. The van der Waals surface area contributed by atoms with Crippen LogP contribution in [-0.2, 0) is 12.8 Å². The molecule has 3 rings (SSSR count). The molecule has 0 amide bonds. The van der Waals surface area contributed by atoms with Gasteiger partial charge < -0.3 is 0 Å². The molecule has 2 heteroatoms. The number of hydrogen-bond acceptors (Lipinski definition) is 0. The first-order valence-corrected chi connectivity index (χ1v) is 10.5. The summed E-state index contributed by atoms with van der Waals surface area (Å²) < 4.78 is 28.7. The van der Waals surface area contributed by atoms with E-state index in [1.165, 1.54) is 11.1 Å². The second kappa shape index (κ2) is 10.7. The Bertz CT molecular complexity index is 999. The van der Waals surface area contributed by atoms with Crippen molar-refractivity contribution in [3.63, 3.8) is 0 Å². The Morgan fingerprint density at radius 1 is 0.833 bits per heavy atom. The quantitative estimate of drug-likeness (QED) is 0.264. The molecule has 3 aromatic carbocycles. The topological polar surface area (TPSA) is 0 Å². The molecule has 0 N–H and O–H groups in total. The van der Waals surface area contributed by atoms with Gasteiger partial charge in [-0.25, -0.2) is 8.78 Å². The third-order valence-corrected chi connectivity index (χ3v) is 5.35. The first kappa shape index (κ1) is 21.7. The maximum Gasteiger partial charge on any atom is 0.166 e. The summed E-state index contributed by atoms with van der Waals surface area (Å²) >= 11 is 0. The Labute approximate surface area is 178 Å². The van der Waals surface area contributed by atoms with Crippen LogP contribution in [0.4, 0.5) is 8.78 Å². The van der Waals surface area contributed by atoms with Crippen LogP contribution in [0.1, 0.15) is 54.0 Å². The van der Waals surface area contributed by atoms with Crippen molar-refractivity contribution < 1.29 is 8.78 Å². The third kappa shape index (κ3) is 5.76. The van der Waals surface area contributed by atoms with E-state index in [0.717, 1.165) is 12.0 Å². The molecule has 0 radical (unpaired) electrons. The van der Waals surface area contributed by atoms with Crippen molar-refractivity contribution in [3.05, 3.63) is 118 Å². The van der Waals surface area contributed by atoms with Crippen molar-refractivity contribution in [2.24, 2.45) is 0 Å². The molecule has 30 heavy (non-hydrogen) atoms. The highest BCUT2D eigenvalue weighted by Gasteiger charge is 2.11. The van der Waals surface area contributed by atoms with Crippen LogP contribution in [0.5, 0.6) is 0 Å². The van der Waals surface area contributed by atoms with E-state index >= 15 is 0 Å². The van der Waals surface area contributed by atoms with Crippen LogP contribution in [-0.4, -0.2) is 0 Å². The van der Waals surface area contributed by atoms with Crippen LogP contribution < -0.4 is 0 Å². The minimum absolute atomic E-state index is 0.268. The van der Waals surface area contributed by atoms with Gasteiger partial charge in [0, 0.05) is 5.56 Å². The smallest absolute Gasteiger partial charge is 0.166 e.